The molecule has 0 bridgehead atoms. The Hall–Kier alpha value is -0.860. The SMILES string of the molecule is Cc1cccc(C(C)(C)CNCC(C)(C)CN)c1. The molecule has 1 aromatic rings. The molecule has 2 heteroatoms. The second-order valence-electron chi connectivity index (χ2n) is 6.73. The zero-order valence-corrected chi connectivity index (χ0v) is 12.5. The molecule has 0 amide bonds. The molecule has 0 aliphatic rings. The lowest BCUT2D eigenvalue weighted by Gasteiger charge is -2.29. The third-order valence-corrected chi connectivity index (χ3v) is 3.52. The number of hydrogen-bond donors (Lipinski definition) is 2. The summed E-state index contributed by atoms with van der Waals surface area (Å²) in [4.78, 5) is 0. The van der Waals surface area contributed by atoms with Crippen LogP contribution in [0.25, 0.3) is 0 Å². The maximum atomic E-state index is 5.75. The topological polar surface area (TPSA) is 38.0 Å². The van der Waals surface area contributed by atoms with Crippen LogP contribution in [-0.4, -0.2) is 19.6 Å². The standard InChI is InChI=1S/C16H28N2/c1-13-7-6-8-14(9-13)16(4,5)12-18-11-15(2,3)10-17/h6-9,18H,10-12,17H2,1-5H3. The summed E-state index contributed by atoms with van der Waals surface area (Å²) in [6, 6.07) is 8.76. The van der Waals surface area contributed by atoms with Gasteiger partial charge >= 0.3 is 0 Å². The number of benzene rings is 1. The molecule has 0 unspecified atom stereocenters. The van der Waals surface area contributed by atoms with Gasteiger partial charge in [0.2, 0.25) is 0 Å². The fourth-order valence-electron chi connectivity index (χ4n) is 1.95. The molecule has 2 nitrogen and oxygen atoms in total. The van der Waals surface area contributed by atoms with Crippen LogP contribution >= 0.6 is 0 Å². The molecule has 0 heterocycles. The van der Waals surface area contributed by atoms with Gasteiger partial charge in [-0.3, -0.25) is 0 Å². The molecular formula is C16H28N2. The van der Waals surface area contributed by atoms with Crippen molar-refractivity contribution >= 4 is 0 Å². The molecule has 1 aromatic carbocycles. The number of rotatable bonds is 6. The van der Waals surface area contributed by atoms with E-state index in [-0.39, 0.29) is 10.8 Å². The second kappa shape index (κ2) is 5.85. The highest BCUT2D eigenvalue weighted by Crippen LogP contribution is 2.23. The van der Waals surface area contributed by atoms with Gasteiger partial charge in [-0.2, -0.15) is 0 Å². The Morgan fingerprint density at radius 1 is 1.11 bits per heavy atom. The molecule has 18 heavy (non-hydrogen) atoms. The fourth-order valence-corrected chi connectivity index (χ4v) is 1.95. The minimum Gasteiger partial charge on any atom is -0.330 e. The summed E-state index contributed by atoms with van der Waals surface area (Å²) in [5.74, 6) is 0. The Kier molecular flexibility index (Phi) is 4.94. The number of nitrogens with two attached hydrogens (primary N) is 1. The lowest BCUT2D eigenvalue weighted by atomic mass is 9.83. The summed E-state index contributed by atoms with van der Waals surface area (Å²) in [6.45, 7) is 13.7. The van der Waals surface area contributed by atoms with Gasteiger partial charge in [-0.1, -0.05) is 57.5 Å². The molecule has 102 valence electrons. The van der Waals surface area contributed by atoms with E-state index in [1.807, 2.05) is 0 Å². The van der Waals surface area contributed by atoms with Gasteiger partial charge in [0.15, 0.2) is 0 Å². The van der Waals surface area contributed by atoms with E-state index in [0.717, 1.165) is 13.1 Å². The van der Waals surface area contributed by atoms with Gasteiger partial charge in [0.05, 0.1) is 0 Å². The van der Waals surface area contributed by atoms with Crippen LogP contribution in [0.4, 0.5) is 0 Å². The molecular weight excluding hydrogens is 220 g/mol. The van der Waals surface area contributed by atoms with Crippen LogP contribution in [0.5, 0.6) is 0 Å². The van der Waals surface area contributed by atoms with Crippen molar-refractivity contribution in [2.45, 2.75) is 40.0 Å². The number of nitrogens with one attached hydrogen (secondary N) is 1. The lowest BCUT2D eigenvalue weighted by Crippen LogP contribution is -2.41. The van der Waals surface area contributed by atoms with Gasteiger partial charge in [0.1, 0.15) is 0 Å². The van der Waals surface area contributed by atoms with Crippen LogP contribution < -0.4 is 11.1 Å². The van der Waals surface area contributed by atoms with Crippen molar-refractivity contribution in [1.82, 2.24) is 5.32 Å². The molecule has 3 N–H and O–H groups in total. The molecule has 0 fully saturated rings. The van der Waals surface area contributed by atoms with E-state index in [9.17, 15) is 0 Å². The first-order chi connectivity index (χ1) is 8.27. The molecule has 0 aliphatic carbocycles. The third kappa shape index (κ3) is 4.43. The monoisotopic (exact) mass is 248 g/mol. The van der Waals surface area contributed by atoms with Crippen LogP contribution in [0.1, 0.15) is 38.8 Å². The van der Waals surface area contributed by atoms with Gasteiger partial charge in [0, 0.05) is 18.5 Å². The minimum atomic E-state index is 0.150. The van der Waals surface area contributed by atoms with Crippen molar-refractivity contribution < 1.29 is 0 Å². The largest absolute Gasteiger partial charge is 0.330 e. The van der Waals surface area contributed by atoms with Crippen molar-refractivity contribution in [3.05, 3.63) is 35.4 Å². The third-order valence-electron chi connectivity index (χ3n) is 3.52. The maximum absolute atomic E-state index is 5.75. The highest BCUT2D eigenvalue weighted by Gasteiger charge is 2.22. The predicted molar refractivity (Wildman–Crippen MR) is 79.9 cm³/mol. The molecule has 0 aromatic heterocycles. The first kappa shape index (κ1) is 15.2. The van der Waals surface area contributed by atoms with Gasteiger partial charge in [-0.05, 0) is 24.4 Å². The average Bonchev–Trinajstić information content (AvgIpc) is 2.28. The van der Waals surface area contributed by atoms with E-state index < -0.39 is 0 Å². The summed E-state index contributed by atoms with van der Waals surface area (Å²) in [7, 11) is 0. The van der Waals surface area contributed by atoms with E-state index in [2.05, 4.69) is 64.2 Å². The first-order valence-electron chi connectivity index (χ1n) is 6.75. The Balaban J connectivity index is 2.60. The second-order valence-corrected chi connectivity index (χ2v) is 6.73. The van der Waals surface area contributed by atoms with Crippen molar-refractivity contribution in [1.29, 1.82) is 0 Å². The molecule has 0 atom stereocenters. The minimum absolute atomic E-state index is 0.150. The Morgan fingerprint density at radius 3 is 2.33 bits per heavy atom. The zero-order valence-electron chi connectivity index (χ0n) is 12.5. The van der Waals surface area contributed by atoms with E-state index >= 15 is 0 Å². The molecule has 1 rings (SSSR count). The zero-order chi connectivity index (χ0) is 13.8. The average molecular weight is 248 g/mol. The smallest absolute Gasteiger partial charge is 0.00434 e. The molecule has 0 aliphatic heterocycles. The Bertz CT molecular complexity index is 380. The molecule has 0 saturated carbocycles. The summed E-state index contributed by atoms with van der Waals surface area (Å²) in [5, 5.41) is 3.55. The van der Waals surface area contributed by atoms with Crippen molar-refractivity contribution in [3.63, 3.8) is 0 Å². The summed E-state index contributed by atoms with van der Waals surface area (Å²) in [5.41, 5.74) is 8.78. The summed E-state index contributed by atoms with van der Waals surface area (Å²) < 4.78 is 0. The van der Waals surface area contributed by atoms with Gasteiger partial charge in [0.25, 0.3) is 0 Å². The first-order valence-corrected chi connectivity index (χ1v) is 6.75. The quantitative estimate of drug-likeness (QED) is 0.812. The van der Waals surface area contributed by atoms with Crippen LogP contribution in [0, 0.1) is 12.3 Å². The van der Waals surface area contributed by atoms with Crippen molar-refractivity contribution in [2.24, 2.45) is 11.1 Å². The van der Waals surface area contributed by atoms with E-state index in [1.54, 1.807) is 0 Å². The van der Waals surface area contributed by atoms with Crippen molar-refractivity contribution in [2.75, 3.05) is 19.6 Å². The fraction of sp³-hybridized carbons (Fsp3) is 0.625. The normalized spacial score (nSPS) is 12.8. The summed E-state index contributed by atoms with van der Waals surface area (Å²) >= 11 is 0. The van der Waals surface area contributed by atoms with Gasteiger partial charge in [-0.15, -0.1) is 0 Å². The van der Waals surface area contributed by atoms with Crippen LogP contribution in [0.3, 0.4) is 0 Å². The molecule has 0 saturated heterocycles. The van der Waals surface area contributed by atoms with Crippen LogP contribution in [0.2, 0.25) is 0 Å². The maximum Gasteiger partial charge on any atom is 0.00434 e. The highest BCUT2D eigenvalue weighted by molar-refractivity contribution is 5.28. The Morgan fingerprint density at radius 2 is 1.78 bits per heavy atom. The predicted octanol–water partition coefficient (Wildman–Crippen LogP) is 2.85. The highest BCUT2D eigenvalue weighted by atomic mass is 14.9. The van der Waals surface area contributed by atoms with Crippen LogP contribution in [-0.2, 0) is 5.41 Å². The van der Waals surface area contributed by atoms with Gasteiger partial charge < -0.3 is 11.1 Å². The van der Waals surface area contributed by atoms with Gasteiger partial charge in [-0.25, -0.2) is 0 Å². The van der Waals surface area contributed by atoms with E-state index in [4.69, 9.17) is 5.73 Å². The molecule has 0 spiro atoms. The summed E-state index contributed by atoms with van der Waals surface area (Å²) in [6.07, 6.45) is 0. The number of hydrogen-bond acceptors (Lipinski definition) is 2. The van der Waals surface area contributed by atoms with E-state index in [1.165, 1.54) is 11.1 Å². The molecule has 0 radical (unpaired) electrons. The number of aryl methyl sites for hydroxylation is 1. The Labute approximate surface area is 112 Å². The lowest BCUT2D eigenvalue weighted by molar-refractivity contribution is 0.332. The van der Waals surface area contributed by atoms with Crippen LogP contribution in [0.15, 0.2) is 24.3 Å². The van der Waals surface area contributed by atoms with Crippen molar-refractivity contribution in [3.8, 4) is 0 Å². The van der Waals surface area contributed by atoms with E-state index in [0.29, 0.717) is 6.54 Å².